The largest absolute Gasteiger partial charge is 0.477 e. The fourth-order valence-corrected chi connectivity index (χ4v) is 4.70. The monoisotopic (exact) mass is 468 g/mol. The summed E-state index contributed by atoms with van der Waals surface area (Å²) in [6.07, 6.45) is 4.83. The summed E-state index contributed by atoms with van der Waals surface area (Å²) in [6.45, 7) is 0.388. The van der Waals surface area contributed by atoms with E-state index >= 15 is 0 Å². The van der Waals surface area contributed by atoms with E-state index in [0.29, 0.717) is 17.7 Å². The highest BCUT2D eigenvalue weighted by atomic mass is 19.1. The molecule has 1 fully saturated rings. The molecule has 2 aliphatic rings. The molecule has 2 heterocycles. The van der Waals surface area contributed by atoms with Gasteiger partial charge in [-0.1, -0.05) is 25.0 Å². The number of halogens is 2. The minimum absolute atomic E-state index is 0.184. The van der Waals surface area contributed by atoms with E-state index in [1.54, 1.807) is 18.2 Å². The number of hydrogen-bond donors (Lipinski definition) is 2. The number of aromatic nitrogens is 2. The second-order valence-corrected chi connectivity index (χ2v) is 8.78. The molecule has 0 saturated heterocycles. The van der Waals surface area contributed by atoms with E-state index in [1.165, 1.54) is 24.5 Å². The summed E-state index contributed by atoms with van der Waals surface area (Å²) in [5.74, 6) is -1.23. The zero-order valence-electron chi connectivity index (χ0n) is 18.5. The van der Waals surface area contributed by atoms with Crippen molar-refractivity contribution in [3.63, 3.8) is 0 Å². The van der Waals surface area contributed by atoms with Crippen LogP contribution in [0.15, 0.2) is 54.9 Å². The van der Waals surface area contributed by atoms with Crippen LogP contribution in [0.1, 0.15) is 31.2 Å². The molecule has 0 bridgehead atoms. The lowest BCUT2D eigenvalue weighted by molar-refractivity contribution is -0.129. The Morgan fingerprint density at radius 2 is 1.91 bits per heavy atom. The molecular formula is C25H26F2N4O3. The van der Waals surface area contributed by atoms with Gasteiger partial charge in [0.25, 0.3) is 5.91 Å². The Hall–Kier alpha value is -3.46. The number of rotatable bonds is 5. The molecule has 5 rings (SSSR count). The van der Waals surface area contributed by atoms with E-state index in [-0.39, 0.29) is 30.7 Å². The maximum atomic E-state index is 14.8. The molecule has 9 heteroatoms. The van der Waals surface area contributed by atoms with Gasteiger partial charge in [-0.3, -0.25) is 4.79 Å². The van der Waals surface area contributed by atoms with Gasteiger partial charge in [0.1, 0.15) is 11.4 Å². The summed E-state index contributed by atoms with van der Waals surface area (Å²) < 4.78 is 36.7. The van der Waals surface area contributed by atoms with Crippen molar-refractivity contribution >= 4 is 11.6 Å². The topological polar surface area (TPSA) is 79.6 Å². The smallest absolute Gasteiger partial charge is 0.263 e. The maximum Gasteiger partial charge on any atom is 0.263 e. The first-order valence-corrected chi connectivity index (χ1v) is 11.5. The quantitative estimate of drug-likeness (QED) is 0.601. The number of aliphatic hydroxyl groups is 1. The number of aliphatic hydroxyl groups excluding tert-OH is 1. The van der Waals surface area contributed by atoms with Gasteiger partial charge in [-0.25, -0.2) is 13.5 Å². The van der Waals surface area contributed by atoms with Gasteiger partial charge in [0.15, 0.2) is 17.7 Å². The summed E-state index contributed by atoms with van der Waals surface area (Å²) in [6, 6.07) is 11.1. The predicted octanol–water partition coefficient (Wildman–Crippen LogP) is 3.34. The zero-order valence-corrected chi connectivity index (χ0v) is 18.5. The predicted molar refractivity (Wildman–Crippen MR) is 122 cm³/mol. The zero-order chi connectivity index (χ0) is 23.7. The van der Waals surface area contributed by atoms with E-state index in [2.05, 4.69) is 10.4 Å². The van der Waals surface area contributed by atoms with Crippen LogP contribution < -0.4 is 15.0 Å². The molecule has 178 valence electrons. The van der Waals surface area contributed by atoms with E-state index in [0.717, 1.165) is 29.6 Å². The molecule has 1 saturated carbocycles. The van der Waals surface area contributed by atoms with E-state index in [4.69, 9.17) is 4.74 Å². The van der Waals surface area contributed by atoms with Gasteiger partial charge in [0.2, 0.25) is 0 Å². The third-order valence-electron chi connectivity index (χ3n) is 6.39. The molecule has 0 radical (unpaired) electrons. The molecule has 1 unspecified atom stereocenters. The molecular weight excluding hydrogens is 442 g/mol. The van der Waals surface area contributed by atoms with Crippen molar-refractivity contribution in [1.29, 1.82) is 0 Å². The fraction of sp³-hybridized carbons (Fsp3) is 0.360. The molecule has 2 aromatic carbocycles. The summed E-state index contributed by atoms with van der Waals surface area (Å²) in [4.78, 5) is 14.9. The van der Waals surface area contributed by atoms with Crippen molar-refractivity contribution in [3.05, 3.63) is 72.1 Å². The molecule has 3 aromatic rings. The highest BCUT2D eigenvalue weighted by molar-refractivity contribution is 5.83. The van der Waals surface area contributed by atoms with Crippen LogP contribution in [0, 0.1) is 11.6 Å². The Bertz CT molecular complexity index is 1150. The number of anilines is 1. The van der Waals surface area contributed by atoms with Gasteiger partial charge in [-0.05, 0) is 48.7 Å². The first-order valence-electron chi connectivity index (χ1n) is 11.5. The molecule has 7 nitrogen and oxygen atoms in total. The Morgan fingerprint density at radius 1 is 1.15 bits per heavy atom. The van der Waals surface area contributed by atoms with Crippen LogP contribution >= 0.6 is 0 Å². The number of fused-ring (bicyclic) bond motifs is 1. The van der Waals surface area contributed by atoms with Crippen molar-refractivity contribution in [3.8, 4) is 11.4 Å². The molecule has 1 aromatic heterocycles. The molecule has 1 amide bonds. The molecule has 2 N–H and O–H groups in total. The minimum Gasteiger partial charge on any atom is -0.477 e. The van der Waals surface area contributed by atoms with E-state index < -0.39 is 23.8 Å². The number of benzene rings is 2. The Labute approximate surface area is 196 Å². The third-order valence-corrected chi connectivity index (χ3v) is 6.39. The molecule has 34 heavy (non-hydrogen) atoms. The number of carbonyl (C=O) groups is 1. The van der Waals surface area contributed by atoms with Gasteiger partial charge in [-0.15, -0.1) is 0 Å². The van der Waals surface area contributed by atoms with Crippen molar-refractivity contribution in [1.82, 2.24) is 15.1 Å². The number of nitrogens with one attached hydrogen (secondary N) is 1. The highest BCUT2D eigenvalue weighted by Crippen LogP contribution is 2.35. The highest BCUT2D eigenvalue weighted by Gasteiger charge is 2.34. The lowest BCUT2D eigenvalue weighted by Gasteiger charge is -2.37. The lowest BCUT2D eigenvalue weighted by atomic mass is 9.92. The summed E-state index contributed by atoms with van der Waals surface area (Å²) in [7, 11) is 0. The average molecular weight is 469 g/mol. The summed E-state index contributed by atoms with van der Waals surface area (Å²) in [5.41, 5.74) is 0.921. The fourth-order valence-electron chi connectivity index (χ4n) is 4.70. The van der Waals surface area contributed by atoms with Gasteiger partial charge in [0, 0.05) is 18.9 Å². The van der Waals surface area contributed by atoms with E-state index in [1.807, 2.05) is 17.0 Å². The molecule has 3 atom stereocenters. The van der Waals surface area contributed by atoms with Crippen molar-refractivity contribution in [2.45, 2.75) is 50.5 Å². The molecule has 1 aliphatic carbocycles. The first-order chi connectivity index (χ1) is 16.5. The van der Waals surface area contributed by atoms with Crippen LogP contribution in [0.4, 0.5) is 14.5 Å². The number of carbonyl (C=O) groups excluding carboxylic acids is 1. The average Bonchev–Trinajstić information content (AvgIpc) is 3.34. The lowest BCUT2D eigenvalue weighted by Crippen LogP contribution is -2.54. The van der Waals surface area contributed by atoms with Crippen LogP contribution in [-0.4, -0.2) is 45.6 Å². The second kappa shape index (κ2) is 9.42. The van der Waals surface area contributed by atoms with E-state index in [9.17, 15) is 18.7 Å². The Morgan fingerprint density at radius 3 is 2.65 bits per heavy atom. The van der Waals surface area contributed by atoms with Crippen LogP contribution in [0.5, 0.6) is 5.75 Å². The SMILES string of the molecule is O=C(N[C@H]1CCCC[C@@H]1O)C1CN(Cc2cc(F)c(-n3cccn3)c(F)c2)c2ccccc2O1. The number of amides is 1. The van der Waals surface area contributed by atoms with Gasteiger partial charge in [-0.2, -0.15) is 5.10 Å². The summed E-state index contributed by atoms with van der Waals surface area (Å²) in [5, 5.41) is 17.1. The maximum absolute atomic E-state index is 14.8. The summed E-state index contributed by atoms with van der Waals surface area (Å²) >= 11 is 0. The normalized spacial score (nSPS) is 22.1. The van der Waals surface area contributed by atoms with Crippen LogP contribution in [0.25, 0.3) is 5.69 Å². The minimum atomic E-state index is -0.818. The Kier molecular flexibility index (Phi) is 6.19. The number of nitrogens with zero attached hydrogens (tertiary/aromatic N) is 3. The third kappa shape index (κ3) is 4.48. The second-order valence-electron chi connectivity index (χ2n) is 8.78. The number of para-hydroxylation sites is 2. The van der Waals surface area contributed by atoms with Gasteiger partial charge < -0.3 is 20.1 Å². The van der Waals surface area contributed by atoms with Crippen molar-refractivity contribution in [2.24, 2.45) is 0 Å². The van der Waals surface area contributed by atoms with Crippen LogP contribution in [0.3, 0.4) is 0 Å². The standard InChI is InChI=1S/C25H26F2N4O3/c26-17-12-16(13-18(27)24(17)31-11-5-10-28-31)14-30-15-23(34-22-9-4-2-7-20(22)30)25(33)29-19-6-1-3-8-21(19)32/h2,4-5,7,9-13,19,21,23,32H,1,3,6,8,14-15H2,(H,29,33)/t19-,21-,23?/m0/s1. The van der Waals surface area contributed by atoms with Crippen LogP contribution in [0.2, 0.25) is 0 Å². The number of ether oxygens (including phenoxy) is 1. The molecule has 1 aliphatic heterocycles. The van der Waals surface area contributed by atoms with Crippen LogP contribution in [-0.2, 0) is 11.3 Å². The molecule has 0 spiro atoms. The van der Waals surface area contributed by atoms with Gasteiger partial charge in [0.05, 0.1) is 24.4 Å². The Balaban J connectivity index is 1.37. The first kappa shape index (κ1) is 22.3. The van der Waals surface area contributed by atoms with Crippen molar-refractivity contribution in [2.75, 3.05) is 11.4 Å². The number of hydrogen-bond acceptors (Lipinski definition) is 5. The van der Waals surface area contributed by atoms with Crippen molar-refractivity contribution < 1.29 is 23.4 Å². The van der Waals surface area contributed by atoms with Gasteiger partial charge >= 0.3 is 0 Å².